The highest BCUT2D eigenvalue weighted by Crippen LogP contribution is 2.31. The monoisotopic (exact) mass is 228 g/mol. The van der Waals surface area contributed by atoms with Gasteiger partial charge in [0.2, 0.25) is 0 Å². The lowest BCUT2D eigenvalue weighted by molar-refractivity contribution is -0.148. The van der Waals surface area contributed by atoms with E-state index in [0.29, 0.717) is 5.92 Å². The van der Waals surface area contributed by atoms with Crippen LogP contribution in [0.1, 0.15) is 72.6 Å². The molecule has 16 heavy (non-hydrogen) atoms. The topological polar surface area (TPSA) is 37.3 Å². The number of carbonyl (C=O) groups is 1. The van der Waals surface area contributed by atoms with Crippen molar-refractivity contribution in [2.24, 2.45) is 11.3 Å². The lowest BCUT2D eigenvalue weighted by atomic mass is 9.79. The van der Waals surface area contributed by atoms with E-state index in [2.05, 4.69) is 13.8 Å². The van der Waals surface area contributed by atoms with Crippen LogP contribution < -0.4 is 0 Å². The highest BCUT2D eigenvalue weighted by molar-refractivity contribution is 5.73. The molecule has 0 heterocycles. The summed E-state index contributed by atoms with van der Waals surface area (Å²) in [5, 5.41) is 9.13. The molecule has 0 radical (unpaired) electrons. The average molecular weight is 228 g/mol. The van der Waals surface area contributed by atoms with Crippen LogP contribution in [0.2, 0.25) is 0 Å². The zero-order valence-electron chi connectivity index (χ0n) is 11.4. The Bertz CT molecular complexity index is 197. The van der Waals surface area contributed by atoms with Crippen molar-refractivity contribution in [1.29, 1.82) is 0 Å². The zero-order chi connectivity index (χ0) is 12.6. The number of unbranched alkanes of at least 4 members (excludes halogenated alkanes) is 2. The molecule has 0 spiro atoms. The Balaban J connectivity index is 4.15. The van der Waals surface area contributed by atoms with Gasteiger partial charge >= 0.3 is 5.97 Å². The van der Waals surface area contributed by atoms with Gasteiger partial charge in [0.1, 0.15) is 0 Å². The van der Waals surface area contributed by atoms with Crippen molar-refractivity contribution in [3.8, 4) is 0 Å². The van der Waals surface area contributed by atoms with Gasteiger partial charge in [0.05, 0.1) is 5.41 Å². The number of carboxylic acids is 1. The molecule has 0 fully saturated rings. The van der Waals surface area contributed by atoms with Crippen LogP contribution in [-0.2, 0) is 4.79 Å². The fourth-order valence-electron chi connectivity index (χ4n) is 2.25. The summed E-state index contributed by atoms with van der Waals surface area (Å²) in [5.74, 6) is -0.0771. The summed E-state index contributed by atoms with van der Waals surface area (Å²) in [6.07, 6.45) is 8.09. The van der Waals surface area contributed by atoms with Gasteiger partial charge in [-0.05, 0) is 26.2 Å². The third-order valence-corrected chi connectivity index (χ3v) is 3.29. The first-order chi connectivity index (χ1) is 7.44. The third kappa shape index (κ3) is 6.14. The molecule has 0 aliphatic rings. The van der Waals surface area contributed by atoms with Crippen LogP contribution in [0.4, 0.5) is 0 Å². The Kier molecular flexibility index (Phi) is 7.44. The number of hydrogen-bond donors (Lipinski definition) is 1. The standard InChI is InChI=1S/C14H28O2/c1-5-7-8-10-12(9-6-2)11-14(3,4)13(15)16/h12H,5-11H2,1-4H3,(H,15,16). The fourth-order valence-corrected chi connectivity index (χ4v) is 2.25. The zero-order valence-corrected chi connectivity index (χ0v) is 11.4. The van der Waals surface area contributed by atoms with E-state index >= 15 is 0 Å². The largest absolute Gasteiger partial charge is 0.481 e. The molecule has 1 N–H and O–H groups in total. The van der Waals surface area contributed by atoms with E-state index in [4.69, 9.17) is 5.11 Å². The normalized spacial score (nSPS) is 13.8. The van der Waals surface area contributed by atoms with Crippen molar-refractivity contribution in [1.82, 2.24) is 0 Å². The van der Waals surface area contributed by atoms with E-state index in [1.54, 1.807) is 0 Å². The molecular formula is C14H28O2. The van der Waals surface area contributed by atoms with Crippen LogP contribution in [-0.4, -0.2) is 11.1 Å². The Hall–Kier alpha value is -0.530. The second kappa shape index (κ2) is 7.70. The van der Waals surface area contributed by atoms with Gasteiger partial charge in [-0.1, -0.05) is 52.4 Å². The minimum atomic E-state index is -0.663. The lowest BCUT2D eigenvalue weighted by Gasteiger charge is -2.25. The van der Waals surface area contributed by atoms with Gasteiger partial charge in [0.15, 0.2) is 0 Å². The molecular weight excluding hydrogens is 200 g/mol. The molecule has 0 aromatic carbocycles. The van der Waals surface area contributed by atoms with Crippen molar-refractivity contribution in [2.45, 2.75) is 72.6 Å². The van der Waals surface area contributed by atoms with Gasteiger partial charge in [0.25, 0.3) is 0 Å². The summed E-state index contributed by atoms with van der Waals surface area (Å²) in [6.45, 7) is 8.08. The van der Waals surface area contributed by atoms with Crippen LogP contribution in [0.5, 0.6) is 0 Å². The molecule has 1 unspecified atom stereocenters. The molecule has 2 heteroatoms. The molecule has 0 bridgehead atoms. The van der Waals surface area contributed by atoms with Crippen LogP contribution in [0.25, 0.3) is 0 Å². The molecule has 0 aromatic heterocycles. The van der Waals surface area contributed by atoms with Crippen LogP contribution in [0.3, 0.4) is 0 Å². The Morgan fingerprint density at radius 3 is 2.19 bits per heavy atom. The van der Waals surface area contributed by atoms with E-state index in [1.807, 2.05) is 13.8 Å². The number of rotatable bonds is 9. The van der Waals surface area contributed by atoms with E-state index in [0.717, 1.165) is 12.8 Å². The van der Waals surface area contributed by atoms with Gasteiger partial charge in [0, 0.05) is 0 Å². The second-order valence-corrected chi connectivity index (χ2v) is 5.54. The van der Waals surface area contributed by atoms with E-state index in [1.165, 1.54) is 32.1 Å². The predicted molar refractivity (Wildman–Crippen MR) is 68.6 cm³/mol. The Morgan fingerprint density at radius 1 is 1.12 bits per heavy atom. The Morgan fingerprint density at radius 2 is 1.75 bits per heavy atom. The molecule has 0 saturated heterocycles. The molecule has 0 aliphatic heterocycles. The van der Waals surface area contributed by atoms with Crippen molar-refractivity contribution < 1.29 is 9.90 Å². The molecule has 0 amide bonds. The number of carboxylic acid groups (broad SMARTS) is 1. The van der Waals surface area contributed by atoms with Gasteiger partial charge in [-0.25, -0.2) is 0 Å². The Labute approximate surface area is 100 Å². The number of hydrogen-bond acceptors (Lipinski definition) is 1. The SMILES string of the molecule is CCCCCC(CCC)CC(C)(C)C(=O)O. The number of aliphatic carboxylic acids is 1. The minimum Gasteiger partial charge on any atom is -0.481 e. The average Bonchev–Trinajstić information content (AvgIpc) is 2.17. The van der Waals surface area contributed by atoms with Crippen LogP contribution in [0, 0.1) is 11.3 Å². The first-order valence-corrected chi connectivity index (χ1v) is 6.67. The first-order valence-electron chi connectivity index (χ1n) is 6.67. The van der Waals surface area contributed by atoms with Gasteiger partial charge in [-0.15, -0.1) is 0 Å². The maximum atomic E-state index is 11.1. The summed E-state index contributed by atoms with van der Waals surface area (Å²) < 4.78 is 0. The van der Waals surface area contributed by atoms with Crippen molar-refractivity contribution in [2.75, 3.05) is 0 Å². The van der Waals surface area contributed by atoms with E-state index in [9.17, 15) is 4.79 Å². The second-order valence-electron chi connectivity index (χ2n) is 5.54. The maximum absolute atomic E-state index is 11.1. The van der Waals surface area contributed by atoms with Crippen molar-refractivity contribution in [3.63, 3.8) is 0 Å². The van der Waals surface area contributed by atoms with Gasteiger partial charge < -0.3 is 5.11 Å². The fraction of sp³-hybridized carbons (Fsp3) is 0.929. The maximum Gasteiger partial charge on any atom is 0.309 e. The highest BCUT2D eigenvalue weighted by Gasteiger charge is 2.29. The van der Waals surface area contributed by atoms with Gasteiger partial charge in [-0.2, -0.15) is 0 Å². The highest BCUT2D eigenvalue weighted by atomic mass is 16.4. The molecule has 96 valence electrons. The van der Waals surface area contributed by atoms with Crippen LogP contribution in [0.15, 0.2) is 0 Å². The summed E-state index contributed by atoms with van der Waals surface area (Å²) in [7, 11) is 0. The first kappa shape index (κ1) is 15.5. The molecule has 1 atom stereocenters. The summed E-state index contributed by atoms with van der Waals surface area (Å²) in [5.41, 5.74) is -0.563. The van der Waals surface area contributed by atoms with E-state index in [-0.39, 0.29) is 0 Å². The molecule has 0 rings (SSSR count). The minimum absolute atomic E-state index is 0.563. The summed E-state index contributed by atoms with van der Waals surface area (Å²) in [6, 6.07) is 0. The van der Waals surface area contributed by atoms with Crippen LogP contribution >= 0.6 is 0 Å². The third-order valence-electron chi connectivity index (χ3n) is 3.29. The lowest BCUT2D eigenvalue weighted by Crippen LogP contribution is -2.26. The van der Waals surface area contributed by atoms with Gasteiger partial charge in [-0.3, -0.25) is 4.79 Å². The molecule has 0 aromatic rings. The van der Waals surface area contributed by atoms with E-state index < -0.39 is 11.4 Å². The van der Waals surface area contributed by atoms with Crippen molar-refractivity contribution in [3.05, 3.63) is 0 Å². The molecule has 2 nitrogen and oxygen atoms in total. The smallest absolute Gasteiger partial charge is 0.309 e. The molecule has 0 aliphatic carbocycles. The quantitative estimate of drug-likeness (QED) is 0.591. The molecule has 0 saturated carbocycles. The summed E-state index contributed by atoms with van der Waals surface area (Å²) in [4.78, 5) is 11.1. The summed E-state index contributed by atoms with van der Waals surface area (Å²) >= 11 is 0. The van der Waals surface area contributed by atoms with Crippen molar-refractivity contribution >= 4 is 5.97 Å². The predicted octanol–water partition coefficient (Wildman–Crippen LogP) is 4.48.